The summed E-state index contributed by atoms with van der Waals surface area (Å²) in [6.45, 7) is 5.45. The van der Waals surface area contributed by atoms with Gasteiger partial charge in [0.25, 0.3) is 0 Å². The summed E-state index contributed by atoms with van der Waals surface area (Å²) in [6.07, 6.45) is 14.4. The predicted octanol–water partition coefficient (Wildman–Crippen LogP) is 4.31. The van der Waals surface area contributed by atoms with Crippen molar-refractivity contribution in [3.63, 3.8) is 0 Å². The molecule has 0 aromatic carbocycles. The summed E-state index contributed by atoms with van der Waals surface area (Å²) in [5, 5.41) is 5.81. The second kappa shape index (κ2) is 21.2. The van der Waals surface area contributed by atoms with Gasteiger partial charge in [-0.05, 0) is 14.1 Å². The van der Waals surface area contributed by atoms with Crippen LogP contribution in [0.15, 0.2) is 0 Å². The van der Waals surface area contributed by atoms with Crippen molar-refractivity contribution in [1.29, 1.82) is 0 Å². The van der Waals surface area contributed by atoms with E-state index < -0.39 is 0 Å². The van der Waals surface area contributed by atoms with E-state index in [1.165, 1.54) is 64.2 Å². The summed E-state index contributed by atoms with van der Waals surface area (Å²) in [6, 6.07) is 0. The maximum absolute atomic E-state index is 2.91. The van der Waals surface area contributed by atoms with E-state index in [1.807, 2.05) is 14.1 Å². The van der Waals surface area contributed by atoms with Crippen LogP contribution in [0.4, 0.5) is 0 Å². The van der Waals surface area contributed by atoms with E-state index in [1.54, 1.807) is 0 Å². The van der Waals surface area contributed by atoms with Gasteiger partial charge in [-0.15, -0.1) is 0 Å². The zero-order valence-electron chi connectivity index (χ0n) is 12.8. The molecule has 0 aliphatic rings. The molecule has 0 spiro atoms. The molecule has 106 valence electrons. The van der Waals surface area contributed by atoms with Gasteiger partial charge in [-0.1, -0.05) is 78.1 Å². The second-order valence-corrected chi connectivity index (χ2v) is 4.71. The van der Waals surface area contributed by atoms with Crippen LogP contribution in [0.25, 0.3) is 0 Å². The highest BCUT2D eigenvalue weighted by molar-refractivity contribution is 4.45. The smallest absolute Gasteiger partial charge is 0.0449 e. The van der Waals surface area contributed by atoms with E-state index in [0.717, 1.165) is 6.67 Å². The first-order chi connectivity index (χ1) is 8.33. The third-order valence-corrected chi connectivity index (χ3v) is 2.81. The molecule has 0 fully saturated rings. The van der Waals surface area contributed by atoms with E-state index in [-0.39, 0.29) is 0 Å². The molecule has 0 amide bonds. The third kappa shape index (κ3) is 25.9. The Kier molecular flexibility index (Phi) is 24.1. The summed E-state index contributed by atoms with van der Waals surface area (Å²) < 4.78 is 0. The number of unbranched alkanes of at least 4 members (excludes halogenated alkanes) is 9. The van der Waals surface area contributed by atoms with Crippen molar-refractivity contribution >= 4 is 0 Å². The lowest BCUT2D eigenvalue weighted by molar-refractivity contribution is 0.562. The van der Waals surface area contributed by atoms with E-state index in [4.69, 9.17) is 0 Å². The van der Waals surface area contributed by atoms with Crippen molar-refractivity contribution in [2.24, 2.45) is 0 Å². The van der Waals surface area contributed by atoms with Crippen LogP contribution in [0.5, 0.6) is 0 Å². The summed E-state index contributed by atoms with van der Waals surface area (Å²) in [5.41, 5.74) is 0. The molecular weight excluding hydrogens is 208 g/mol. The molecule has 0 aliphatic heterocycles. The van der Waals surface area contributed by atoms with Gasteiger partial charge in [0.2, 0.25) is 0 Å². The topological polar surface area (TPSA) is 24.1 Å². The monoisotopic (exact) mass is 244 g/mol. The molecule has 0 rings (SSSR count). The lowest BCUT2D eigenvalue weighted by Crippen LogP contribution is -2.21. The second-order valence-electron chi connectivity index (χ2n) is 4.71. The zero-order chi connectivity index (χ0) is 13.2. The highest BCUT2D eigenvalue weighted by Crippen LogP contribution is 2.09. The molecule has 0 aliphatic carbocycles. The van der Waals surface area contributed by atoms with Crippen molar-refractivity contribution in [3.05, 3.63) is 0 Å². The minimum absolute atomic E-state index is 0.889. The number of nitrogens with one attached hydrogen (secondary N) is 2. The van der Waals surface area contributed by atoms with E-state index in [2.05, 4.69) is 24.5 Å². The molecule has 0 aromatic heterocycles. The summed E-state index contributed by atoms with van der Waals surface area (Å²) >= 11 is 0. The molecule has 0 radical (unpaired) electrons. The van der Waals surface area contributed by atoms with Crippen LogP contribution in [0, 0.1) is 0 Å². The summed E-state index contributed by atoms with van der Waals surface area (Å²) in [7, 11) is 3.80. The Balaban J connectivity index is 0. The first kappa shape index (κ1) is 19.3. The number of rotatable bonds is 11. The first-order valence-corrected chi connectivity index (χ1v) is 7.62. The van der Waals surface area contributed by atoms with Crippen molar-refractivity contribution in [3.8, 4) is 0 Å². The predicted molar refractivity (Wildman–Crippen MR) is 80.5 cm³/mol. The molecule has 0 saturated heterocycles. The van der Waals surface area contributed by atoms with Crippen LogP contribution in [-0.4, -0.2) is 20.8 Å². The highest BCUT2D eigenvalue weighted by Gasteiger charge is 1.90. The maximum Gasteiger partial charge on any atom is 0.0449 e. The molecule has 2 heteroatoms. The molecule has 0 heterocycles. The third-order valence-electron chi connectivity index (χ3n) is 2.81. The van der Waals surface area contributed by atoms with Gasteiger partial charge in [-0.3, -0.25) is 0 Å². The van der Waals surface area contributed by atoms with Gasteiger partial charge in [-0.2, -0.15) is 0 Å². The van der Waals surface area contributed by atoms with Gasteiger partial charge in [0.1, 0.15) is 0 Å². The summed E-state index contributed by atoms with van der Waals surface area (Å²) in [5.74, 6) is 0. The molecule has 2 nitrogen and oxygen atoms in total. The van der Waals surface area contributed by atoms with Gasteiger partial charge >= 0.3 is 0 Å². The average molecular weight is 244 g/mol. The van der Waals surface area contributed by atoms with Gasteiger partial charge in [-0.25, -0.2) is 0 Å². The van der Waals surface area contributed by atoms with Crippen molar-refractivity contribution in [1.82, 2.24) is 10.6 Å². The Bertz CT molecular complexity index is 93.1. The van der Waals surface area contributed by atoms with Crippen LogP contribution in [0.3, 0.4) is 0 Å². The fourth-order valence-electron chi connectivity index (χ4n) is 1.74. The van der Waals surface area contributed by atoms with Gasteiger partial charge in [0.05, 0.1) is 0 Å². The van der Waals surface area contributed by atoms with Crippen LogP contribution in [0.1, 0.15) is 78.1 Å². The minimum Gasteiger partial charge on any atom is -0.308 e. The fourth-order valence-corrected chi connectivity index (χ4v) is 1.74. The normalized spacial score (nSPS) is 9.88. The first-order valence-electron chi connectivity index (χ1n) is 7.62. The molecule has 0 unspecified atom stereocenters. The SMILES string of the molecule is CCCCCCCCCCCC.CNCNC. The molecule has 0 atom stereocenters. The number of hydrogen-bond donors (Lipinski definition) is 2. The van der Waals surface area contributed by atoms with Gasteiger partial charge < -0.3 is 10.6 Å². The van der Waals surface area contributed by atoms with Gasteiger partial charge in [0, 0.05) is 6.67 Å². The standard InChI is InChI=1S/C12H26.C3H10N2/c1-3-5-7-9-11-12-10-8-6-4-2;1-4-3-5-2/h3-12H2,1-2H3;4-5H,3H2,1-2H3. The molecular formula is C15H36N2. The lowest BCUT2D eigenvalue weighted by atomic mass is 10.1. The number of hydrogen-bond acceptors (Lipinski definition) is 2. The van der Waals surface area contributed by atoms with Crippen LogP contribution in [-0.2, 0) is 0 Å². The van der Waals surface area contributed by atoms with Crippen molar-refractivity contribution in [2.45, 2.75) is 78.1 Å². The maximum atomic E-state index is 2.91. The Morgan fingerprint density at radius 3 is 1.00 bits per heavy atom. The molecule has 0 bridgehead atoms. The van der Waals surface area contributed by atoms with Crippen LogP contribution >= 0.6 is 0 Å². The Morgan fingerprint density at radius 1 is 0.529 bits per heavy atom. The molecule has 17 heavy (non-hydrogen) atoms. The zero-order valence-corrected chi connectivity index (χ0v) is 12.8. The average Bonchev–Trinajstić information content (AvgIpc) is 2.34. The summed E-state index contributed by atoms with van der Waals surface area (Å²) in [4.78, 5) is 0. The largest absolute Gasteiger partial charge is 0.308 e. The fraction of sp³-hybridized carbons (Fsp3) is 1.00. The Hall–Kier alpha value is -0.0800. The van der Waals surface area contributed by atoms with E-state index >= 15 is 0 Å². The van der Waals surface area contributed by atoms with Crippen molar-refractivity contribution < 1.29 is 0 Å². The molecule has 2 N–H and O–H groups in total. The molecule has 0 saturated carbocycles. The van der Waals surface area contributed by atoms with E-state index in [9.17, 15) is 0 Å². The molecule has 0 aromatic rings. The Morgan fingerprint density at radius 2 is 0.824 bits per heavy atom. The minimum atomic E-state index is 0.889. The van der Waals surface area contributed by atoms with Gasteiger partial charge in [0.15, 0.2) is 0 Å². The lowest BCUT2D eigenvalue weighted by Gasteiger charge is -1.99. The van der Waals surface area contributed by atoms with Crippen molar-refractivity contribution in [2.75, 3.05) is 20.8 Å². The highest BCUT2D eigenvalue weighted by atomic mass is 15.0. The van der Waals surface area contributed by atoms with Crippen LogP contribution in [0.2, 0.25) is 0 Å². The van der Waals surface area contributed by atoms with E-state index in [0.29, 0.717) is 0 Å². The Labute approximate surface area is 110 Å². The quantitative estimate of drug-likeness (QED) is 0.418. The van der Waals surface area contributed by atoms with Crippen LogP contribution < -0.4 is 10.6 Å².